The normalized spacial score (nSPS) is 10.8. The zero-order valence-electron chi connectivity index (χ0n) is 16.1. The summed E-state index contributed by atoms with van der Waals surface area (Å²) in [4.78, 5) is 24.0. The van der Waals surface area contributed by atoms with Crippen molar-refractivity contribution in [2.75, 3.05) is 6.54 Å². The smallest absolute Gasteiger partial charge is 0.307 e. The number of carbonyl (C=O) groups excluding carboxylic acids is 2. The van der Waals surface area contributed by atoms with Gasteiger partial charge in [-0.1, -0.05) is 29.8 Å². The van der Waals surface area contributed by atoms with Gasteiger partial charge in [0.15, 0.2) is 0 Å². The van der Waals surface area contributed by atoms with Crippen LogP contribution in [0.3, 0.4) is 0 Å². The van der Waals surface area contributed by atoms with Gasteiger partial charge in [0.2, 0.25) is 0 Å². The van der Waals surface area contributed by atoms with Gasteiger partial charge in [0, 0.05) is 12.2 Å². The quantitative estimate of drug-likeness (QED) is 0.773. The summed E-state index contributed by atoms with van der Waals surface area (Å²) in [5, 5.41) is 7.27. The van der Waals surface area contributed by atoms with Crippen molar-refractivity contribution in [1.29, 1.82) is 0 Å². The molecule has 0 saturated heterocycles. The Hall–Kier alpha value is -2.63. The molecule has 0 aliphatic rings. The minimum absolute atomic E-state index is 0.150. The van der Waals surface area contributed by atoms with Crippen molar-refractivity contribution in [3.8, 4) is 0 Å². The van der Waals surface area contributed by atoms with Crippen LogP contribution in [0.4, 0.5) is 0 Å². The lowest BCUT2D eigenvalue weighted by Crippen LogP contribution is -2.28. The van der Waals surface area contributed by atoms with E-state index in [0.29, 0.717) is 17.8 Å². The summed E-state index contributed by atoms with van der Waals surface area (Å²) >= 11 is 0. The Balaban J connectivity index is 2.01. The predicted molar refractivity (Wildman–Crippen MR) is 100 cm³/mol. The van der Waals surface area contributed by atoms with Crippen LogP contribution in [0.15, 0.2) is 24.3 Å². The molecule has 0 aliphatic heterocycles. The van der Waals surface area contributed by atoms with Crippen molar-refractivity contribution in [3.05, 3.63) is 52.3 Å². The lowest BCUT2D eigenvalue weighted by molar-refractivity contribution is -0.147. The van der Waals surface area contributed by atoms with Crippen molar-refractivity contribution in [3.63, 3.8) is 0 Å². The largest absolute Gasteiger partial charge is 0.463 e. The molecule has 0 bridgehead atoms. The van der Waals surface area contributed by atoms with Gasteiger partial charge in [-0.2, -0.15) is 5.10 Å². The molecule has 0 radical (unpaired) electrons. The summed E-state index contributed by atoms with van der Waals surface area (Å²) in [6, 6.07) is 8.24. The molecular formula is C20H27N3O3. The van der Waals surface area contributed by atoms with Crippen molar-refractivity contribution in [2.24, 2.45) is 0 Å². The number of nitrogens with zero attached hydrogens (tertiary/aromatic N) is 2. The van der Waals surface area contributed by atoms with Crippen LogP contribution in [-0.2, 0) is 16.1 Å². The van der Waals surface area contributed by atoms with Crippen molar-refractivity contribution >= 4 is 11.9 Å². The Morgan fingerprint density at radius 3 is 2.42 bits per heavy atom. The topological polar surface area (TPSA) is 73.2 Å². The van der Waals surface area contributed by atoms with Crippen LogP contribution >= 0.6 is 0 Å². The van der Waals surface area contributed by atoms with Gasteiger partial charge >= 0.3 is 5.97 Å². The highest BCUT2D eigenvalue weighted by atomic mass is 16.5. The van der Waals surface area contributed by atoms with Gasteiger partial charge in [-0.25, -0.2) is 0 Å². The molecular weight excluding hydrogens is 330 g/mol. The van der Waals surface area contributed by atoms with Crippen molar-refractivity contribution < 1.29 is 14.3 Å². The Morgan fingerprint density at radius 2 is 1.81 bits per heavy atom. The summed E-state index contributed by atoms with van der Waals surface area (Å²) in [5.41, 5.74) is 4.39. The minimum Gasteiger partial charge on any atom is -0.463 e. The van der Waals surface area contributed by atoms with Crippen LogP contribution in [0, 0.1) is 20.8 Å². The Bertz CT molecular complexity index is 776. The van der Waals surface area contributed by atoms with Gasteiger partial charge in [-0.3, -0.25) is 14.3 Å². The molecule has 0 unspecified atom stereocenters. The van der Waals surface area contributed by atoms with E-state index in [1.807, 2.05) is 25.5 Å². The molecule has 1 N–H and O–H groups in total. The summed E-state index contributed by atoms with van der Waals surface area (Å²) < 4.78 is 6.89. The van der Waals surface area contributed by atoms with E-state index in [2.05, 4.69) is 34.7 Å². The summed E-state index contributed by atoms with van der Waals surface area (Å²) in [5.74, 6) is -0.531. The standard InChI is InChI=1S/C20H27N3O3/c1-13(2)26-18(24)10-11-21-20(25)19-15(4)22-23(16(19)5)12-17-8-6-14(3)7-9-17/h6-9,13H,10-12H2,1-5H3,(H,21,25). The second-order valence-electron chi connectivity index (χ2n) is 6.73. The number of benzene rings is 1. The number of aromatic nitrogens is 2. The zero-order chi connectivity index (χ0) is 19.3. The second kappa shape index (κ2) is 8.65. The highest BCUT2D eigenvalue weighted by molar-refractivity contribution is 5.96. The van der Waals surface area contributed by atoms with Gasteiger partial charge in [0.1, 0.15) is 0 Å². The highest BCUT2D eigenvalue weighted by Crippen LogP contribution is 2.15. The highest BCUT2D eigenvalue weighted by Gasteiger charge is 2.19. The van der Waals surface area contributed by atoms with Gasteiger partial charge < -0.3 is 10.1 Å². The molecule has 0 saturated carbocycles. The first-order chi connectivity index (χ1) is 12.3. The minimum atomic E-state index is -0.316. The first-order valence-corrected chi connectivity index (χ1v) is 8.85. The molecule has 140 valence electrons. The van der Waals surface area contributed by atoms with Crippen LogP contribution < -0.4 is 5.32 Å². The predicted octanol–water partition coefficient (Wildman–Crippen LogP) is 2.93. The maximum absolute atomic E-state index is 12.5. The number of esters is 1. The Labute approximate surface area is 154 Å². The fraction of sp³-hybridized carbons (Fsp3) is 0.450. The van der Waals surface area contributed by atoms with E-state index in [1.54, 1.807) is 13.8 Å². The molecule has 6 heteroatoms. The second-order valence-corrected chi connectivity index (χ2v) is 6.73. The van der Waals surface area contributed by atoms with Gasteiger partial charge in [-0.15, -0.1) is 0 Å². The maximum atomic E-state index is 12.5. The van der Waals surface area contributed by atoms with E-state index in [-0.39, 0.29) is 30.9 Å². The fourth-order valence-electron chi connectivity index (χ4n) is 2.73. The van der Waals surface area contributed by atoms with Gasteiger partial charge in [0.25, 0.3) is 5.91 Å². The zero-order valence-corrected chi connectivity index (χ0v) is 16.1. The average Bonchev–Trinajstić information content (AvgIpc) is 2.82. The van der Waals surface area contributed by atoms with Crippen molar-refractivity contribution in [2.45, 2.75) is 53.7 Å². The molecule has 0 aliphatic carbocycles. The molecule has 1 aromatic heterocycles. The number of ether oxygens (including phenoxy) is 1. The molecule has 0 spiro atoms. The number of aryl methyl sites for hydroxylation is 2. The molecule has 0 fully saturated rings. The van der Waals surface area contributed by atoms with Crippen LogP contribution in [0.1, 0.15) is 53.1 Å². The molecule has 2 aromatic rings. The number of carbonyl (C=O) groups is 2. The molecule has 6 nitrogen and oxygen atoms in total. The fourth-order valence-corrected chi connectivity index (χ4v) is 2.73. The summed E-state index contributed by atoms with van der Waals surface area (Å²) in [6.45, 7) is 10.2. The molecule has 1 amide bonds. The number of nitrogens with one attached hydrogen (secondary N) is 1. The third-order valence-corrected chi connectivity index (χ3v) is 4.04. The van der Waals surface area contributed by atoms with Crippen LogP contribution in [-0.4, -0.2) is 34.3 Å². The van der Waals surface area contributed by atoms with Gasteiger partial charge in [-0.05, 0) is 40.2 Å². The lowest BCUT2D eigenvalue weighted by Gasteiger charge is -2.09. The number of hydrogen-bond donors (Lipinski definition) is 1. The van der Waals surface area contributed by atoms with E-state index in [4.69, 9.17) is 4.74 Å². The third kappa shape index (κ3) is 5.18. The van der Waals surface area contributed by atoms with E-state index in [1.165, 1.54) is 5.56 Å². The Morgan fingerprint density at radius 1 is 1.15 bits per heavy atom. The molecule has 0 atom stereocenters. The number of rotatable bonds is 7. The van der Waals surface area contributed by atoms with Crippen LogP contribution in [0.2, 0.25) is 0 Å². The summed E-state index contributed by atoms with van der Waals surface area (Å²) in [7, 11) is 0. The first kappa shape index (κ1) is 19.7. The summed E-state index contributed by atoms with van der Waals surface area (Å²) in [6.07, 6.45) is 0.00202. The average molecular weight is 357 g/mol. The molecule has 2 rings (SSSR count). The SMILES string of the molecule is Cc1ccc(Cn2nc(C)c(C(=O)NCCC(=O)OC(C)C)c2C)cc1. The Kier molecular flexibility index (Phi) is 6.55. The monoisotopic (exact) mass is 357 g/mol. The van der Waals surface area contributed by atoms with E-state index < -0.39 is 0 Å². The number of amides is 1. The van der Waals surface area contributed by atoms with E-state index in [0.717, 1.165) is 11.3 Å². The molecule has 1 heterocycles. The van der Waals surface area contributed by atoms with Crippen molar-refractivity contribution in [1.82, 2.24) is 15.1 Å². The van der Waals surface area contributed by atoms with Gasteiger partial charge in [0.05, 0.1) is 30.3 Å². The molecule has 1 aromatic carbocycles. The maximum Gasteiger partial charge on any atom is 0.307 e. The van der Waals surface area contributed by atoms with Crippen LogP contribution in [0.5, 0.6) is 0 Å². The lowest BCUT2D eigenvalue weighted by atomic mass is 10.1. The first-order valence-electron chi connectivity index (χ1n) is 8.85. The van der Waals surface area contributed by atoms with Crippen LogP contribution in [0.25, 0.3) is 0 Å². The van der Waals surface area contributed by atoms with E-state index in [9.17, 15) is 9.59 Å². The number of hydrogen-bond acceptors (Lipinski definition) is 4. The molecule has 26 heavy (non-hydrogen) atoms. The van der Waals surface area contributed by atoms with E-state index >= 15 is 0 Å². The third-order valence-electron chi connectivity index (χ3n) is 4.04.